The highest BCUT2D eigenvalue weighted by Crippen LogP contribution is 2.13. The summed E-state index contributed by atoms with van der Waals surface area (Å²) in [5, 5.41) is 13.1. The molecule has 0 bridgehead atoms. The van der Waals surface area contributed by atoms with E-state index in [2.05, 4.69) is 12.0 Å². The summed E-state index contributed by atoms with van der Waals surface area (Å²) in [4.78, 5) is 10.9. The van der Waals surface area contributed by atoms with Gasteiger partial charge >= 0.3 is 5.97 Å². The first-order valence-electron chi connectivity index (χ1n) is 4.85. The highest BCUT2D eigenvalue weighted by Gasteiger charge is 2.16. The first-order chi connectivity index (χ1) is 6.57. The molecule has 4 nitrogen and oxygen atoms in total. The van der Waals surface area contributed by atoms with Crippen molar-refractivity contribution in [1.82, 2.24) is 9.78 Å². The van der Waals surface area contributed by atoms with Crippen LogP contribution in [0.1, 0.15) is 41.5 Å². The van der Waals surface area contributed by atoms with Gasteiger partial charge < -0.3 is 5.11 Å². The molecule has 0 aliphatic carbocycles. The minimum atomic E-state index is -0.886. The molecule has 1 rings (SSSR count). The Morgan fingerprint density at radius 3 is 2.57 bits per heavy atom. The van der Waals surface area contributed by atoms with E-state index in [-0.39, 0.29) is 0 Å². The molecule has 4 heteroatoms. The number of rotatable bonds is 4. The van der Waals surface area contributed by atoms with Gasteiger partial charge in [0.25, 0.3) is 0 Å². The third-order valence-corrected chi connectivity index (χ3v) is 2.32. The van der Waals surface area contributed by atoms with E-state index >= 15 is 0 Å². The second-order valence-electron chi connectivity index (χ2n) is 3.43. The molecule has 78 valence electrons. The van der Waals surface area contributed by atoms with Crippen LogP contribution in [-0.4, -0.2) is 20.9 Å². The molecule has 0 radical (unpaired) electrons. The molecule has 0 aliphatic rings. The van der Waals surface area contributed by atoms with Crippen LogP contribution >= 0.6 is 0 Å². The van der Waals surface area contributed by atoms with Gasteiger partial charge in [-0.25, -0.2) is 4.79 Å². The van der Waals surface area contributed by atoms with E-state index in [1.165, 1.54) is 0 Å². The summed E-state index contributed by atoms with van der Waals surface area (Å²) < 4.78 is 1.78. The first kappa shape index (κ1) is 10.8. The molecule has 0 amide bonds. The molecule has 0 atom stereocenters. The Morgan fingerprint density at radius 1 is 1.50 bits per heavy atom. The highest BCUT2D eigenvalue weighted by atomic mass is 16.4. The largest absolute Gasteiger partial charge is 0.478 e. The van der Waals surface area contributed by atoms with Gasteiger partial charge in [0.2, 0.25) is 0 Å². The Bertz CT molecular complexity index is 342. The van der Waals surface area contributed by atoms with Crippen molar-refractivity contribution in [3.63, 3.8) is 0 Å². The molecule has 0 saturated heterocycles. The van der Waals surface area contributed by atoms with E-state index in [1.54, 1.807) is 18.5 Å². The fraction of sp³-hybridized carbons (Fsp3) is 0.600. The summed E-state index contributed by atoms with van der Waals surface area (Å²) in [6.07, 6.45) is 2.11. The standard InChI is InChI=1S/C10H16N2O2/c1-4-5-6-12-8(3)9(10(13)14)7(2)11-12/h4-6H2,1-3H3,(H,13,14). The molecule has 0 saturated carbocycles. The number of hydrogen-bond donors (Lipinski definition) is 1. The molecule has 1 aromatic rings. The van der Waals surface area contributed by atoms with E-state index in [0.717, 1.165) is 25.1 Å². The van der Waals surface area contributed by atoms with Crippen molar-refractivity contribution in [3.8, 4) is 0 Å². The van der Waals surface area contributed by atoms with E-state index < -0.39 is 5.97 Å². The Hall–Kier alpha value is -1.32. The Kier molecular flexibility index (Phi) is 3.28. The van der Waals surface area contributed by atoms with E-state index in [1.807, 2.05) is 0 Å². The summed E-state index contributed by atoms with van der Waals surface area (Å²) in [5.41, 5.74) is 1.70. The maximum absolute atomic E-state index is 10.9. The molecule has 1 N–H and O–H groups in total. The van der Waals surface area contributed by atoms with E-state index in [9.17, 15) is 4.79 Å². The number of nitrogens with zero attached hydrogens (tertiary/aromatic N) is 2. The number of aryl methyl sites for hydroxylation is 2. The van der Waals surface area contributed by atoms with E-state index in [0.29, 0.717) is 11.3 Å². The predicted molar refractivity (Wildman–Crippen MR) is 53.6 cm³/mol. The summed E-state index contributed by atoms with van der Waals surface area (Å²) in [5.74, 6) is -0.886. The maximum atomic E-state index is 10.9. The van der Waals surface area contributed by atoms with Crippen molar-refractivity contribution in [1.29, 1.82) is 0 Å². The fourth-order valence-electron chi connectivity index (χ4n) is 1.53. The van der Waals surface area contributed by atoms with Crippen LogP contribution < -0.4 is 0 Å². The molecular formula is C10H16N2O2. The van der Waals surface area contributed by atoms with Gasteiger partial charge in [0.1, 0.15) is 5.56 Å². The molecular weight excluding hydrogens is 180 g/mol. The molecule has 1 aromatic heterocycles. The van der Waals surface area contributed by atoms with Crippen LogP contribution in [0.5, 0.6) is 0 Å². The molecule has 0 spiro atoms. The lowest BCUT2D eigenvalue weighted by molar-refractivity contribution is 0.0695. The number of aromatic carboxylic acids is 1. The third-order valence-electron chi connectivity index (χ3n) is 2.32. The second-order valence-corrected chi connectivity index (χ2v) is 3.43. The Labute approximate surface area is 83.5 Å². The zero-order chi connectivity index (χ0) is 10.7. The Morgan fingerprint density at radius 2 is 2.14 bits per heavy atom. The van der Waals surface area contributed by atoms with Gasteiger partial charge in [-0.05, 0) is 20.3 Å². The number of hydrogen-bond acceptors (Lipinski definition) is 2. The molecule has 0 fully saturated rings. The van der Waals surface area contributed by atoms with Gasteiger partial charge in [0, 0.05) is 6.54 Å². The monoisotopic (exact) mass is 196 g/mol. The SMILES string of the molecule is CCCCn1nc(C)c(C(=O)O)c1C. The number of aromatic nitrogens is 2. The van der Waals surface area contributed by atoms with Crippen molar-refractivity contribution in [2.45, 2.75) is 40.2 Å². The van der Waals surface area contributed by atoms with Crippen molar-refractivity contribution in [3.05, 3.63) is 17.0 Å². The number of unbranched alkanes of at least 4 members (excludes halogenated alkanes) is 1. The zero-order valence-electron chi connectivity index (χ0n) is 8.87. The number of carbonyl (C=O) groups is 1. The molecule has 0 aliphatic heterocycles. The van der Waals surface area contributed by atoms with Crippen LogP contribution in [0.2, 0.25) is 0 Å². The predicted octanol–water partition coefficient (Wildman–Crippen LogP) is 2.00. The Balaban J connectivity index is 2.98. The third kappa shape index (κ3) is 1.95. The van der Waals surface area contributed by atoms with Crippen molar-refractivity contribution >= 4 is 5.97 Å². The van der Waals surface area contributed by atoms with Gasteiger partial charge in [0.05, 0.1) is 11.4 Å². The van der Waals surface area contributed by atoms with Gasteiger partial charge in [-0.15, -0.1) is 0 Å². The minimum Gasteiger partial charge on any atom is -0.478 e. The molecule has 14 heavy (non-hydrogen) atoms. The zero-order valence-corrected chi connectivity index (χ0v) is 8.87. The fourth-order valence-corrected chi connectivity index (χ4v) is 1.53. The van der Waals surface area contributed by atoms with Gasteiger partial charge in [0.15, 0.2) is 0 Å². The second kappa shape index (κ2) is 4.26. The topological polar surface area (TPSA) is 55.1 Å². The van der Waals surface area contributed by atoms with Gasteiger partial charge in [-0.3, -0.25) is 4.68 Å². The van der Waals surface area contributed by atoms with Gasteiger partial charge in [-0.2, -0.15) is 5.10 Å². The quantitative estimate of drug-likeness (QED) is 0.801. The smallest absolute Gasteiger partial charge is 0.339 e. The highest BCUT2D eigenvalue weighted by molar-refractivity contribution is 5.90. The lowest BCUT2D eigenvalue weighted by Crippen LogP contribution is -2.04. The summed E-state index contributed by atoms with van der Waals surface area (Å²) in [6, 6.07) is 0. The number of carboxylic acids is 1. The van der Waals surface area contributed by atoms with Crippen LogP contribution in [0.4, 0.5) is 0 Å². The average molecular weight is 196 g/mol. The average Bonchev–Trinajstić information content (AvgIpc) is 2.38. The molecule has 1 heterocycles. The minimum absolute atomic E-state index is 0.348. The van der Waals surface area contributed by atoms with Crippen LogP contribution in [0.15, 0.2) is 0 Å². The lowest BCUT2D eigenvalue weighted by atomic mass is 10.2. The van der Waals surface area contributed by atoms with Crippen molar-refractivity contribution in [2.24, 2.45) is 0 Å². The van der Waals surface area contributed by atoms with E-state index in [4.69, 9.17) is 5.11 Å². The van der Waals surface area contributed by atoms with Crippen LogP contribution in [0.25, 0.3) is 0 Å². The van der Waals surface area contributed by atoms with Crippen molar-refractivity contribution < 1.29 is 9.90 Å². The van der Waals surface area contributed by atoms with Crippen LogP contribution in [-0.2, 0) is 6.54 Å². The molecule has 0 aromatic carbocycles. The summed E-state index contributed by atoms with van der Waals surface area (Å²) in [7, 11) is 0. The first-order valence-corrected chi connectivity index (χ1v) is 4.85. The van der Waals surface area contributed by atoms with Crippen LogP contribution in [0, 0.1) is 13.8 Å². The normalized spacial score (nSPS) is 10.5. The summed E-state index contributed by atoms with van der Waals surface area (Å²) in [6.45, 7) is 6.44. The lowest BCUT2D eigenvalue weighted by Gasteiger charge is -2.02. The van der Waals surface area contributed by atoms with Crippen molar-refractivity contribution in [2.75, 3.05) is 0 Å². The van der Waals surface area contributed by atoms with Gasteiger partial charge in [-0.1, -0.05) is 13.3 Å². The molecule has 0 unspecified atom stereocenters. The number of carboxylic acid groups (broad SMARTS) is 1. The summed E-state index contributed by atoms with van der Waals surface area (Å²) >= 11 is 0. The maximum Gasteiger partial charge on any atom is 0.339 e. The van der Waals surface area contributed by atoms with Crippen LogP contribution in [0.3, 0.4) is 0 Å².